The molecule has 21 heavy (non-hydrogen) atoms. The van der Waals surface area contributed by atoms with Crippen LogP contribution in [0.5, 0.6) is 0 Å². The van der Waals surface area contributed by atoms with Crippen LogP contribution in [0.2, 0.25) is 0 Å². The molecule has 1 saturated heterocycles. The van der Waals surface area contributed by atoms with Gasteiger partial charge in [0.15, 0.2) is 0 Å². The number of ether oxygens (including phenoxy) is 2. The van der Waals surface area contributed by atoms with Crippen molar-refractivity contribution in [2.75, 3.05) is 33.4 Å². The van der Waals surface area contributed by atoms with Gasteiger partial charge in [0.2, 0.25) is 10.0 Å². The molecule has 1 aromatic carbocycles. The molecule has 1 heterocycles. The summed E-state index contributed by atoms with van der Waals surface area (Å²) in [5.74, 6) is -0.506. The van der Waals surface area contributed by atoms with Crippen molar-refractivity contribution >= 4 is 16.0 Å². The van der Waals surface area contributed by atoms with Crippen LogP contribution in [0, 0.1) is 0 Å². The zero-order chi connectivity index (χ0) is 15.3. The Morgan fingerprint density at radius 1 is 1.43 bits per heavy atom. The molecule has 2 N–H and O–H groups in total. The van der Waals surface area contributed by atoms with Crippen LogP contribution in [0.15, 0.2) is 29.2 Å². The van der Waals surface area contributed by atoms with E-state index in [1.54, 1.807) is 0 Å². The lowest BCUT2D eigenvalue weighted by Crippen LogP contribution is -2.45. The molecule has 0 spiro atoms. The molecule has 0 saturated carbocycles. The van der Waals surface area contributed by atoms with Gasteiger partial charge in [-0.2, -0.15) is 0 Å². The maximum Gasteiger partial charge on any atom is 0.337 e. The highest BCUT2D eigenvalue weighted by Gasteiger charge is 2.19. The number of carbonyl (C=O) groups is 1. The minimum absolute atomic E-state index is 0.0962. The smallest absolute Gasteiger partial charge is 0.337 e. The van der Waals surface area contributed by atoms with Crippen molar-refractivity contribution < 1.29 is 22.7 Å². The largest absolute Gasteiger partial charge is 0.465 e. The molecular formula is C13H18N2O5S. The quantitative estimate of drug-likeness (QED) is 0.727. The van der Waals surface area contributed by atoms with E-state index in [0.717, 1.165) is 6.54 Å². The lowest BCUT2D eigenvalue weighted by molar-refractivity contribution is 0.0324. The van der Waals surface area contributed by atoms with Crippen LogP contribution in [0.1, 0.15) is 10.4 Å². The van der Waals surface area contributed by atoms with Gasteiger partial charge in [0.05, 0.1) is 30.3 Å². The summed E-state index contributed by atoms with van der Waals surface area (Å²) in [7, 11) is -2.35. The van der Waals surface area contributed by atoms with Crippen molar-refractivity contribution in [3.63, 3.8) is 0 Å². The van der Waals surface area contributed by atoms with Gasteiger partial charge in [0.25, 0.3) is 0 Å². The summed E-state index contributed by atoms with van der Waals surface area (Å²) in [6.07, 6.45) is -0.178. The van der Waals surface area contributed by atoms with Crippen molar-refractivity contribution in [2.45, 2.75) is 11.0 Å². The Hall–Kier alpha value is -1.48. The second-order valence-electron chi connectivity index (χ2n) is 4.56. The van der Waals surface area contributed by atoms with Gasteiger partial charge in [-0.25, -0.2) is 17.9 Å². The Morgan fingerprint density at radius 2 is 2.14 bits per heavy atom. The first-order chi connectivity index (χ1) is 10.0. The molecule has 7 nitrogen and oxygen atoms in total. The fraction of sp³-hybridized carbons (Fsp3) is 0.462. The summed E-state index contributed by atoms with van der Waals surface area (Å²) < 4.78 is 36.7. The summed E-state index contributed by atoms with van der Waals surface area (Å²) in [5, 5.41) is 3.13. The van der Waals surface area contributed by atoms with Gasteiger partial charge in [-0.15, -0.1) is 0 Å². The predicted molar refractivity (Wildman–Crippen MR) is 75.6 cm³/mol. The molecule has 0 amide bonds. The molecule has 2 rings (SSSR count). The number of esters is 1. The van der Waals surface area contributed by atoms with E-state index >= 15 is 0 Å². The first-order valence-corrected chi connectivity index (χ1v) is 8.01. The normalized spacial score (nSPS) is 19.2. The van der Waals surface area contributed by atoms with E-state index < -0.39 is 16.0 Å². The van der Waals surface area contributed by atoms with Gasteiger partial charge in [-0.3, -0.25) is 0 Å². The Kier molecular flexibility index (Phi) is 5.29. The van der Waals surface area contributed by atoms with Gasteiger partial charge in [-0.1, -0.05) is 0 Å². The summed E-state index contributed by atoms with van der Waals surface area (Å²) in [4.78, 5) is 11.4. The highest BCUT2D eigenvalue weighted by atomic mass is 32.2. The van der Waals surface area contributed by atoms with Crippen LogP contribution >= 0.6 is 0 Å². The number of morpholine rings is 1. The van der Waals surface area contributed by atoms with Crippen molar-refractivity contribution in [3.8, 4) is 0 Å². The highest BCUT2D eigenvalue weighted by molar-refractivity contribution is 7.89. The number of methoxy groups -OCH3 is 1. The zero-order valence-corrected chi connectivity index (χ0v) is 12.5. The number of nitrogens with one attached hydrogen (secondary N) is 2. The van der Waals surface area contributed by atoms with Crippen molar-refractivity contribution in [3.05, 3.63) is 29.8 Å². The molecule has 1 aliphatic rings. The Bertz CT molecular complexity index is 579. The van der Waals surface area contributed by atoms with Crippen LogP contribution in [0.4, 0.5) is 0 Å². The average molecular weight is 314 g/mol. The van der Waals surface area contributed by atoms with E-state index in [4.69, 9.17) is 4.74 Å². The first-order valence-electron chi connectivity index (χ1n) is 6.53. The van der Waals surface area contributed by atoms with E-state index in [0.29, 0.717) is 18.7 Å². The van der Waals surface area contributed by atoms with Crippen LogP contribution in [-0.2, 0) is 19.5 Å². The van der Waals surface area contributed by atoms with Gasteiger partial charge in [0.1, 0.15) is 0 Å². The Morgan fingerprint density at radius 3 is 2.71 bits per heavy atom. The molecule has 0 aromatic heterocycles. The standard InChI is InChI=1S/C13H18N2O5S/c1-19-13(16)10-2-4-12(5-3-10)21(17,18)15-9-11-8-14-6-7-20-11/h2-5,11,14-15H,6-9H2,1H3. The molecule has 8 heteroatoms. The number of rotatable bonds is 5. The third-order valence-electron chi connectivity index (χ3n) is 3.09. The van der Waals surface area contributed by atoms with E-state index in [2.05, 4.69) is 14.8 Å². The van der Waals surface area contributed by atoms with E-state index in [1.807, 2.05) is 0 Å². The summed E-state index contributed by atoms with van der Waals surface area (Å²) in [6, 6.07) is 5.57. The van der Waals surface area contributed by atoms with Gasteiger partial charge in [0, 0.05) is 19.6 Å². The van der Waals surface area contributed by atoms with E-state index in [1.165, 1.54) is 31.4 Å². The molecule has 0 aliphatic carbocycles. The topological polar surface area (TPSA) is 93.7 Å². The number of sulfonamides is 1. The Balaban J connectivity index is 1.99. The monoisotopic (exact) mass is 314 g/mol. The number of hydrogen-bond donors (Lipinski definition) is 2. The van der Waals surface area contributed by atoms with Gasteiger partial charge < -0.3 is 14.8 Å². The molecule has 1 aromatic rings. The minimum Gasteiger partial charge on any atom is -0.465 e. The van der Waals surface area contributed by atoms with Gasteiger partial charge >= 0.3 is 5.97 Å². The SMILES string of the molecule is COC(=O)c1ccc(S(=O)(=O)NCC2CNCCO2)cc1. The maximum atomic E-state index is 12.1. The molecule has 116 valence electrons. The first kappa shape index (κ1) is 15.9. The highest BCUT2D eigenvalue weighted by Crippen LogP contribution is 2.11. The van der Waals surface area contributed by atoms with Crippen LogP contribution in [0.3, 0.4) is 0 Å². The zero-order valence-electron chi connectivity index (χ0n) is 11.7. The lowest BCUT2D eigenvalue weighted by atomic mass is 10.2. The summed E-state index contributed by atoms with van der Waals surface area (Å²) in [6.45, 7) is 2.16. The maximum absolute atomic E-state index is 12.1. The minimum atomic E-state index is -3.62. The van der Waals surface area contributed by atoms with Crippen LogP contribution in [0.25, 0.3) is 0 Å². The number of benzene rings is 1. The van der Waals surface area contributed by atoms with Crippen molar-refractivity contribution in [2.24, 2.45) is 0 Å². The third-order valence-corrected chi connectivity index (χ3v) is 4.53. The van der Waals surface area contributed by atoms with E-state index in [-0.39, 0.29) is 17.5 Å². The predicted octanol–water partition coefficient (Wildman–Crippen LogP) is -0.260. The molecular weight excluding hydrogens is 296 g/mol. The number of carbonyl (C=O) groups excluding carboxylic acids is 1. The summed E-state index contributed by atoms with van der Waals surface area (Å²) in [5.41, 5.74) is 0.302. The van der Waals surface area contributed by atoms with Crippen molar-refractivity contribution in [1.29, 1.82) is 0 Å². The summed E-state index contributed by atoms with van der Waals surface area (Å²) >= 11 is 0. The molecule has 0 bridgehead atoms. The lowest BCUT2D eigenvalue weighted by Gasteiger charge is -2.23. The molecule has 1 unspecified atom stereocenters. The van der Waals surface area contributed by atoms with E-state index in [9.17, 15) is 13.2 Å². The fourth-order valence-corrected chi connectivity index (χ4v) is 2.99. The average Bonchev–Trinajstić information content (AvgIpc) is 2.53. The second-order valence-corrected chi connectivity index (χ2v) is 6.33. The Labute approximate surface area is 123 Å². The van der Waals surface area contributed by atoms with Crippen LogP contribution in [-0.4, -0.2) is 53.8 Å². The van der Waals surface area contributed by atoms with Crippen LogP contribution < -0.4 is 10.0 Å². The van der Waals surface area contributed by atoms with Crippen molar-refractivity contribution in [1.82, 2.24) is 10.0 Å². The molecule has 1 atom stereocenters. The third kappa shape index (κ3) is 4.24. The molecule has 1 aliphatic heterocycles. The molecule has 0 radical (unpaired) electrons. The van der Waals surface area contributed by atoms with Gasteiger partial charge in [-0.05, 0) is 24.3 Å². The fourth-order valence-electron chi connectivity index (χ4n) is 1.92. The molecule has 1 fully saturated rings. The number of hydrogen-bond acceptors (Lipinski definition) is 6. The second kappa shape index (κ2) is 6.99.